The van der Waals surface area contributed by atoms with E-state index in [4.69, 9.17) is 9.47 Å². The number of ketones is 1. The second-order valence-corrected chi connectivity index (χ2v) is 7.80. The van der Waals surface area contributed by atoms with Crippen LogP contribution in [0, 0.1) is 0 Å². The molecule has 0 unspecified atom stereocenters. The summed E-state index contributed by atoms with van der Waals surface area (Å²) in [6, 6.07) is 17.2. The molecular weight excluding hydrogens is 390 g/mol. The second kappa shape index (κ2) is 9.21. The van der Waals surface area contributed by atoms with E-state index < -0.39 is 11.9 Å². The summed E-state index contributed by atoms with van der Waals surface area (Å²) in [5.74, 6) is -0.167. The van der Waals surface area contributed by atoms with Crippen LogP contribution in [-0.2, 0) is 20.9 Å². The van der Waals surface area contributed by atoms with Gasteiger partial charge in [-0.15, -0.1) is 0 Å². The SMILES string of the molecule is CCOc1ccccc1[C@H]1C(C(=O)OCc2ccccc2)=C(C)NC2=C1C(=O)CCC2. The van der Waals surface area contributed by atoms with Crippen LogP contribution in [0.15, 0.2) is 77.1 Å². The maximum Gasteiger partial charge on any atom is 0.337 e. The molecule has 1 heterocycles. The molecule has 0 aromatic heterocycles. The smallest absolute Gasteiger partial charge is 0.337 e. The molecule has 1 aliphatic carbocycles. The Morgan fingerprint density at radius 2 is 1.81 bits per heavy atom. The maximum atomic E-state index is 13.3. The minimum absolute atomic E-state index is 0.0749. The van der Waals surface area contributed by atoms with Gasteiger partial charge < -0.3 is 14.8 Å². The van der Waals surface area contributed by atoms with Crippen LogP contribution in [-0.4, -0.2) is 18.4 Å². The fourth-order valence-electron chi connectivity index (χ4n) is 4.37. The second-order valence-electron chi connectivity index (χ2n) is 7.80. The molecule has 1 atom stereocenters. The molecule has 31 heavy (non-hydrogen) atoms. The third kappa shape index (κ3) is 4.26. The van der Waals surface area contributed by atoms with Crippen LogP contribution in [0.5, 0.6) is 5.75 Å². The summed E-state index contributed by atoms with van der Waals surface area (Å²) in [7, 11) is 0. The van der Waals surface area contributed by atoms with E-state index in [1.807, 2.05) is 68.4 Å². The van der Waals surface area contributed by atoms with Gasteiger partial charge in [0, 0.05) is 29.0 Å². The Balaban J connectivity index is 1.75. The van der Waals surface area contributed by atoms with Crippen molar-refractivity contribution in [1.82, 2.24) is 5.32 Å². The van der Waals surface area contributed by atoms with Crippen molar-refractivity contribution in [2.24, 2.45) is 0 Å². The fraction of sp³-hybridized carbons (Fsp3) is 0.308. The molecule has 2 aromatic rings. The summed E-state index contributed by atoms with van der Waals surface area (Å²) >= 11 is 0. The molecule has 0 saturated carbocycles. The summed E-state index contributed by atoms with van der Waals surface area (Å²) in [6.45, 7) is 4.47. The van der Waals surface area contributed by atoms with Crippen LogP contribution < -0.4 is 10.1 Å². The van der Waals surface area contributed by atoms with Gasteiger partial charge in [-0.05, 0) is 38.3 Å². The lowest BCUT2D eigenvalue weighted by molar-refractivity contribution is -0.140. The van der Waals surface area contributed by atoms with Crippen molar-refractivity contribution >= 4 is 11.8 Å². The highest BCUT2D eigenvalue weighted by Gasteiger charge is 2.40. The van der Waals surface area contributed by atoms with E-state index in [0.29, 0.717) is 29.9 Å². The molecule has 0 bridgehead atoms. The van der Waals surface area contributed by atoms with E-state index in [9.17, 15) is 9.59 Å². The van der Waals surface area contributed by atoms with Gasteiger partial charge in [-0.1, -0.05) is 48.5 Å². The van der Waals surface area contributed by atoms with Gasteiger partial charge >= 0.3 is 5.97 Å². The molecule has 4 rings (SSSR count). The molecule has 5 heteroatoms. The molecule has 0 spiro atoms. The van der Waals surface area contributed by atoms with Crippen LogP contribution in [0.1, 0.15) is 50.2 Å². The van der Waals surface area contributed by atoms with Gasteiger partial charge in [0.2, 0.25) is 0 Å². The number of allylic oxidation sites excluding steroid dienone is 3. The van der Waals surface area contributed by atoms with Crippen LogP contribution in [0.4, 0.5) is 0 Å². The van der Waals surface area contributed by atoms with Crippen LogP contribution >= 0.6 is 0 Å². The highest BCUT2D eigenvalue weighted by molar-refractivity contribution is 6.04. The molecule has 1 N–H and O–H groups in total. The predicted octanol–water partition coefficient (Wildman–Crippen LogP) is 4.80. The van der Waals surface area contributed by atoms with E-state index >= 15 is 0 Å². The number of nitrogens with one attached hydrogen (secondary N) is 1. The summed E-state index contributed by atoms with van der Waals surface area (Å²) in [4.78, 5) is 26.3. The number of dihydropyridines is 1. The number of ether oxygens (including phenoxy) is 2. The highest BCUT2D eigenvalue weighted by Crippen LogP contribution is 2.45. The van der Waals surface area contributed by atoms with Gasteiger partial charge in [0.05, 0.1) is 18.1 Å². The largest absolute Gasteiger partial charge is 0.494 e. The Labute approximate surface area is 182 Å². The normalized spacial score (nSPS) is 18.4. The van der Waals surface area contributed by atoms with E-state index in [0.717, 1.165) is 35.4 Å². The van der Waals surface area contributed by atoms with E-state index in [1.165, 1.54) is 0 Å². The van der Waals surface area contributed by atoms with Gasteiger partial charge in [-0.25, -0.2) is 4.79 Å². The maximum absolute atomic E-state index is 13.3. The van der Waals surface area contributed by atoms with Crippen molar-refractivity contribution < 1.29 is 19.1 Å². The molecule has 2 aliphatic rings. The molecule has 160 valence electrons. The number of benzene rings is 2. The Bertz CT molecular complexity index is 1050. The zero-order valence-electron chi connectivity index (χ0n) is 17.9. The van der Waals surface area contributed by atoms with Gasteiger partial charge in [-0.3, -0.25) is 4.79 Å². The zero-order valence-corrected chi connectivity index (χ0v) is 17.9. The standard InChI is InChI=1S/C26H27NO4/c1-3-30-22-15-8-7-12-19(22)24-23(26(29)31-16-18-10-5-4-6-11-18)17(2)27-20-13-9-14-21(28)25(20)24/h4-8,10-12,15,24,27H,3,9,13-14,16H2,1-2H3/t24-/m0/s1. The first-order chi connectivity index (χ1) is 15.1. The average molecular weight is 418 g/mol. The number of para-hydroxylation sites is 1. The first kappa shape index (κ1) is 20.9. The number of hydrogen-bond acceptors (Lipinski definition) is 5. The monoisotopic (exact) mass is 417 g/mol. The highest BCUT2D eigenvalue weighted by atomic mass is 16.5. The molecule has 0 amide bonds. The minimum Gasteiger partial charge on any atom is -0.494 e. The van der Waals surface area contributed by atoms with E-state index in [-0.39, 0.29) is 12.4 Å². The topological polar surface area (TPSA) is 64.6 Å². The Kier molecular flexibility index (Phi) is 6.21. The van der Waals surface area contributed by atoms with Crippen LogP contribution in [0.25, 0.3) is 0 Å². The van der Waals surface area contributed by atoms with Crippen molar-refractivity contribution in [3.63, 3.8) is 0 Å². The predicted molar refractivity (Wildman–Crippen MR) is 118 cm³/mol. The molecule has 5 nitrogen and oxygen atoms in total. The zero-order chi connectivity index (χ0) is 21.8. The lowest BCUT2D eigenvalue weighted by atomic mass is 9.75. The van der Waals surface area contributed by atoms with Gasteiger partial charge in [-0.2, -0.15) is 0 Å². The van der Waals surface area contributed by atoms with Crippen molar-refractivity contribution in [1.29, 1.82) is 0 Å². The summed E-state index contributed by atoms with van der Waals surface area (Å²) in [5, 5.41) is 3.33. The Hall–Kier alpha value is -3.34. The van der Waals surface area contributed by atoms with Crippen molar-refractivity contribution in [3.05, 3.63) is 88.3 Å². The fourth-order valence-corrected chi connectivity index (χ4v) is 4.37. The molecule has 1 aliphatic heterocycles. The van der Waals surface area contributed by atoms with Crippen LogP contribution in [0.2, 0.25) is 0 Å². The van der Waals surface area contributed by atoms with E-state index in [1.54, 1.807) is 0 Å². The van der Waals surface area contributed by atoms with Gasteiger partial charge in [0.15, 0.2) is 5.78 Å². The lowest BCUT2D eigenvalue weighted by Crippen LogP contribution is -2.34. The summed E-state index contributed by atoms with van der Waals surface area (Å²) in [5.41, 5.74) is 4.50. The number of hydrogen-bond donors (Lipinski definition) is 1. The third-order valence-corrected chi connectivity index (χ3v) is 5.74. The first-order valence-electron chi connectivity index (χ1n) is 10.8. The Morgan fingerprint density at radius 1 is 1.06 bits per heavy atom. The molecule has 0 radical (unpaired) electrons. The van der Waals surface area contributed by atoms with Crippen molar-refractivity contribution in [2.75, 3.05) is 6.61 Å². The quantitative estimate of drug-likeness (QED) is 0.684. The van der Waals surface area contributed by atoms with Gasteiger partial charge in [0.25, 0.3) is 0 Å². The number of esters is 1. The first-order valence-corrected chi connectivity index (χ1v) is 10.8. The average Bonchev–Trinajstić information content (AvgIpc) is 2.78. The number of Topliss-reactive ketones (excluding diaryl/α,β-unsaturated/α-hetero) is 1. The van der Waals surface area contributed by atoms with Crippen LogP contribution in [0.3, 0.4) is 0 Å². The van der Waals surface area contributed by atoms with E-state index in [2.05, 4.69) is 5.32 Å². The van der Waals surface area contributed by atoms with Gasteiger partial charge in [0.1, 0.15) is 12.4 Å². The third-order valence-electron chi connectivity index (χ3n) is 5.74. The van der Waals surface area contributed by atoms with Crippen molar-refractivity contribution in [2.45, 2.75) is 45.6 Å². The molecule has 0 saturated heterocycles. The minimum atomic E-state index is -0.505. The molecule has 2 aromatic carbocycles. The number of carbonyl (C=O) groups is 2. The summed E-state index contributed by atoms with van der Waals surface area (Å²) < 4.78 is 11.6. The number of rotatable bonds is 6. The number of carbonyl (C=O) groups excluding carboxylic acids is 2. The summed E-state index contributed by atoms with van der Waals surface area (Å²) in [6.07, 6.45) is 2.09. The molecular formula is C26H27NO4. The lowest BCUT2D eigenvalue weighted by Gasteiger charge is -2.34. The molecule has 0 fully saturated rings. The Morgan fingerprint density at radius 3 is 2.58 bits per heavy atom. The van der Waals surface area contributed by atoms with Crippen molar-refractivity contribution in [3.8, 4) is 5.75 Å².